The molecular weight excluding hydrogens is 234 g/mol. The van der Waals surface area contributed by atoms with Gasteiger partial charge in [0.25, 0.3) is 0 Å². The summed E-state index contributed by atoms with van der Waals surface area (Å²) < 4.78 is 5.29. The van der Waals surface area contributed by atoms with Gasteiger partial charge in [-0.25, -0.2) is 0 Å². The Labute approximate surface area is 117 Å². The van der Waals surface area contributed by atoms with E-state index >= 15 is 0 Å². The molecule has 0 unspecified atom stereocenters. The van der Waals surface area contributed by atoms with Gasteiger partial charge in [-0.3, -0.25) is 0 Å². The van der Waals surface area contributed by atoms with Crippen LogP contribution in [-0.2, 0) is 0 Å². The molecule has 1 fully saturated rings. The van der Waals surface area contributed by atoms with Crippen LogP contribution in [0.1, 0.15) is 47.0 Å². The minimum absolute atomic E-state index is 0.415. The van der Waals surface area contributed by atoms with Crippen LogP contribution in [0.15, 0.2) is 24.3 Å². The molecule has 0 spiro atoms. The molecule has 19 heavy (non-hydrogen) atoms. The number of benzene rings is 1. The third kappa shape index (κ3) is 3.89. The van der Waals surface area contributed by atoms with E-state index in [0.717, 1.165) is 11.4 Å². The van der Waals surface area contributed by atoms with Crippen LogP contribution in [0, 0.1) is 10.8 Å². The third-order valence-corrected chi connectivity index (χ3v) is 4.00. The summed E-state index contributed by atoms with van der Waals surface area (Å²) in [5.74, 6) is 0.916. The summed E-state index contributed by atoms with van der Waals surface area (Å²) >= 11 is 0. The Balaban J connectivity index is 2.09. The first-order valence-corrected chi connectivity index (χ1v) is 7.20. The molecule has 0 radical (unpaired) electrons. The maximum Gasteiger partial charge on any atom is 0.120 e. The van der Waals surface area contributed by atoms with E-state index in [-0.39, 0.29) is 0 Å². The van der Waals surface area contributed by atoms with Crippen molar-refractivity contribution in [2.75, 3.05) is 12.4 Å². The standard InChI is InChI=1S/C17H27NO/c1-16(2)10-14(11-17(3,4)12-16)18-13-7-6-8-15(9-13)19-5/h6-9,14,18H,10-12H2,1-5H3. The molecule has 1 N–H and O–H groups in total. The van der Waals surface area contributed by atoms with Crippen LogP contribution in [-0.4, -0.2) is 13.2 Å². The first-order chi connectivity index (χ1) is 8.80. The molecule has 0 aromatic heterocycles. The highest BCUT2D eigenvalue weighted by atomic mass is 16.5. The Morgan fingerprint density at radius 3 is 2.32 bits per heavy atom. The van der Waals surface area contributed by atoms with E-state index in [1.165, 1.54) is 19.3 Å². The second kappa shape index (κ2) is 5.07. The maximum atomic E-state index is 5.29. The summed E-state index contributed by atoms with van der Waals surface area (Å²) in [4.78, 5) is 0. The van der Waals surface area contributed by atoms with Crippen LogP contribution in [0.25, 0.3) is 0 Å². The van der Waals surface area contributed by atoms with Crippen molar-refractivity contribution >= 4 is 5.69 Å². The average Bonchev–Trinajstić information content (AvgIpc) is 2.24. The molecule has 0 amide bonds. The number of nitrogens with one attached hydrogen (secondary N) is 1. The van der Waals surface area contributed by atoms with Crippen molar-refractivity contribution in [3.05, 3.63) is 24.3 Å². The second-order valence-corrected chi connectivity index (χ2v) is 7.49. The van der Waals surface area contributed by atoms with Crippen molar-refractivity contribution in [1.82, 2.24) is 0 Å². The van der Waals surface area contributed by atoms with E-state index < -0.39 is 0 Å². The lowest BCUT2D eigenvalue weighted by Gasteiger charge is -2.45. The summed E-state index contributed by atoms with van der Waals surface area (Å²) in [6.07, 6.45) is 3.76. The smallest absolute Gasteiger partial charge is 0.120 e. The molecule has 0 atom stereocenters. The lowest BCUT2D eigenvalue weighted by Crippen LogP contribution is -2.40. The summed E-state index contributed by atoms with van der Waals surface area (Å²) in [6, 6.07) is 8.78. The largest absolute Gasteiger partial charge is 0.497 e. The Hall–Kier alpha value is -1.18. The Bertz CT molecular complexity index is 421. The van der Waals surface area contributed by atoms with Crippen LogP contribution >= 0.6 is 0 Å². The van der Waals surface area contributed by atoms with Crippen LogP contribution < -0.4 is 10.1 Å². The van der Waals surface area contributed by atoms with E-state index in [4.69, 9.17) is 4.74 Å². The van der Waals surface area contributed by atoms with E-state index in [9.17, 15) is 0 Å². The van der Waals surface area contributed by atoms with Gasteiger partial charge in [0.05, 0.1) is 7.11 Å². The van der Waals surface area contributed by atoms with Crippen LogP contribution in [0.5, 0.6) is 5.75 Å². The van der Waals surface area contributed by atoms with Gasteiger partial charge in [-0.15, -0.1) is 0 Å². The predicted molar refractivity (Wildman–Crippen MR) is 81.8 cm³/mol. The summed E-state index contributed by atoms with van der Waals surface area (Å²) in [5, 5.41) is 3.69. The highest BCUT2D eigenvalue weighted by Crippen LogP contribution is 2.46. The monoisotopic (exact) mass is 261 g/mol. The van der Waals surface area contributed by atoms with Crippen molar-refractivity contribution in [1.29, 1.82) is 0 Å². The van der Waals surface area contributed by atoms with Gasteiger partial charge in [-0.2, -0.15) is 0 Å². The normalized spacial score (nSPS) is 21.9. The van der Waals surface area contributed by atoms with E-state index in [2.05, 4.69) is 45.1 Å². The van der Waals surface area contributed by atoms with Crippen molar-refractivity contribution in [2.24, 2.45) is 10.8 Å². The van der Waals surface area contributed by atoms with E-state index in [1.807, 2.05) is 12.1 Å². The number of ether oxygens (including phenoxy) is 1. The van der Waals surface area contributed by atoms with Crippen LogP contribution in [0.4, 0.5) is 5.69 Å². The molecule has 1 aliphatic rings. The van der Waals surface area contributed by atoms with Gasteiger partial charge >= 0.3 is 0 Å². The fraction of sp³-hybridized carbons (Fsp3) is 0.647. The Kier molecular flexibility index (Phi) is 3.80. The topological polar surface area (TPSA) is 21.3 Å². The summed E-state index contributed by atoms with van der Waals surface area (Å²) in [7, 11) is 1.71. The first kappa shape index (κ1) is 14.2. The van der Waals surface area contributed by atoms with Gasteiger partial charge < -0.3 is 10.1 Å². The molecule has 0 aliphatic heterocycles. The Morgan fingerprint density at radius 2 is 1.74 bits per heavy atom. The van der Waals surface area contributed by atoms with Crippen LogP contribution in [0.3, 0.4) is 0 Å². The van der Waals surface area contributed by atoms with Gasteiger partial charge in [-0.05, 0) is 42.2 Å². The average molecular weight is 261 g/mol. The zero-order valence-electron chi connectivity index (χ0n) is 12.9. The minimum atomic E-state index is 0.415. The molecule has 1 saturated carbocycles. The molecule has 2 heteroatoms. The first-order valence-electron chi connectivity index (χ1n) is 7.20. The maximum absolute atomic E-state index is 5.29. The molecule has 2 rings (SSSR count). The van der Waals surface area contributed by atoms with E-state index in [0.29, 0.717) is 16.9 Å². The van der Waals surface area contributed by atoms with Crippen molar-refractivity contribution in [3.8, 4) is 5.75 Å². The van der Waals surface area contributed by atoms with Gasteiger partial charge in [0, 0.05) is 17.8 Å². The molecular formula is C17H27NO. The number of hydrogen-bond donors (Lipinski definition) is 1. The molecule has 1 aliphatic carbocycles. The fourth-order valence-electron chi connectivity index (χ4n) is 3.90. The van der Waals surface area contributed by atoms with Gasteiger partial charge in [0.2, 0.25) is 0 Å². The summed E-state index contributed by atoms with van der Waals surface area (Å²) in [5.41, 5.74) is 1.99. The SMILES string of the molecule is COc1cccc(NC2CC(C)(C)CC(C)(C)C2)c1. The molecule has 0 saturated heterocycles. The fourth-order valence-corrected chi connectivity index (χ4v) is 3.90. The third-order valence-electron chi connectivity index (χ3n) is 4.00. The highest BCUT2D eigenvalue weighted by Gasteiger charge is 2.38. The van der Waals surface area contributed by atoms with Gasteiger partial charge in [-0.1, -0.05) is 33.8 Å². The number of methoxy groups -OCH3 is 1. The highest BCUT2D eigenvalue weighted by molar-refractivity contribution is 5.49. The number of rotatable bonds is 3. The van der Waals surface area contributed by atoms with Crippen molar-refractivity contribution in [2.45, 2.75) is 53.0 Å². The molecule has 1 aromatic carbocycles. The number of anilines is 1. The lowest BCUT2D eigenvalue weighted by molar-refractivity contribution is 0.105. The quantitative estimate of drug-likeness (QED) is 0.850. The molecule has 0 bridgehead atoms. The zero-order valence-corrected chi connectivity index (χ0v) is 12.9. The Morgan fingerprint density at radius 1 is 1.11 bits per heavy atom. The molecule has 2 nitrogen and oxygen atoms in total. The van der Waals surface area contributed by atoms with Crippen LogP contribution in [0.2, 0.25) is 0 Å². The lowest BCUT2D eigenvalue weighted by atomic mass is 9.63. The summed E-state index contributed by atoms with van der Waals surface area (Å²) in [6.45, 7) is 9.53. The second-order valence-electron chi connectivity index (χ2n) is 7.49. The van der Waals surface area contributed by atoms with Gasteiger partial charge in [0.15, 0.2) is 0 Å². The van der Waals surface area contributed by atoms with Crippen molar-refractivity contribution < 1.29 is 4.74 Å². The molecule has 106 valence electrons. The molecule has 0 heterocycles. The number of hydrogen-bond acceptors (Lipinski definition) is 2. The zero-order chi connectivity index (χ0) is 14.1. The van der Waals surface area contributed by atoms with Gasteiger partial charge in [0.1, 0.15) is 5.75 Å². The van der Waals surface area contributed by atoms with E-state index in [1.54, 1.807) is 7.11 Å². The predicted octanol–water partition coefficient (Wildman–Crippen LogP) is 4.71. The van der Waals surface area contributed by atoms with Crippen molar-refractivity contribution in [3.63, 3.8) is 0 Å². The minimum Gasteiger partial charge on any atom is -0.497 e. The molecule has 1 aromatic rings.